The van der Waals surface area contributed by atoms with Crippen LogP contribution in [0.5, 0.6) is 0 Å². The average molecular weight is 356 g/mol. The molecule has 10 heteroatoms. The van der Waals surface area contributed by atoms with E-state index in [1.165, 1.54) is 12.1 Å². The zero-order valence-corrected chi connectivity index (χ0v) is 13.3. The molecule has 124 valence electrons. The van der Waals surface area contributed by atoms with E-state index in [9.17, 15) is 25.8 Å². The monoisotopic (exact) mass is 356 g/mol. The van der Waals surface area contributed by atoms with Gasteiger partial charge in [-0.05, 0) is 31.2 Å². The van der Waals surface area contributed by atoms with E-state index in [1.807, 2.05) is 0 Å². The van der Waals surface area contributed by atoms with Crippen LogP contribution in [0.25, 0.3) is 0 Å². The number of nitrogens with one attached hydrogen (secondary N) is 1. The Labute approximate surface area is 127 Å². The second-order valence-corrected chi connectivity index (χ2v) is 9.70. The van der Waals surface area contributed by atoms with Crippen LogP contribution in [0.2, 0.25) is 0 Å². The molecule has 0 aromatic heterocycles. The van der Waals surface area contributed by atoms with Crippen LogP contribution in [0.3, 0.4) is 0 Å². The van der Waals surface area contributed by atoms with Gasteiger partial charge in [0.1, 0.15) is 0 Å². The van der Waals surface area contributed by atoms with Crippen molar-refractivity contribution in [1.29, 1.82) is 4.78 Å². The van der Waals surface area contributed by atoms with E-state index in [0.29, 0.717) is 5.69 Å². The molecule has 1 aliphatic heterocycles. The van der Waals surface area contributed by atoms with Crippen LogP contribution in [-0.2, 0) is 19.6 Å². The molecule has 2 atom stereocenters. The molecule has 0 amide bonds. The summed E-state index contributed by atoms with van der Waals surface area (Å²) in [7, 11) is -7.99. The van der Waals surface area contributed by atoms with Crippen molar-refractivity contribution < 1.29 is 25.8 Å². The number of sulfone groups is 1. The molecule has 1 heterocycles. The van der Waals surface area contributed by atoms with Gasteiger partial charge in [-0.1, -0.05) is 0 Å². The fourth-order valence-electron chi connectivity index (χ4n) is 2.17. The Morgan fingerprint density at radius 1 is 1.27 bits per heavy atom. The fraction of sp³-hybridized carbons (Fsp3) is 0.500. The average Bonchev–Trinajstić information content (AvgIpc) is 2.41. The third-order valence-electron chi connectivity index (χ3n) is 3.60. The molecule has 0 saturated carbocycles. The summed E-state index contributed by atoms with van der Waals surface area (Å²) in [6.07, 6.45) is 0. The zero-order valence-electron chi connectivity index (χ0n) is 11.6. The molecule has 1 aliphatic rings. The summed E-state index contributed by atoms with van der Waals surface area (Å²) in [5.74, 6) is -0.0202. The molecule has 0 bridgehead atoms. The number of alkyl halides is 3. The third kappa shape index (κ3) is 3.07. The normalized spacial score (nSPS) is 24.7. The standard InChI is InChI=1S/C12H15F3N2O3S2/c1-9-8-17(6-7-21(9,18)19)10-2-4-11(5-3-10)22(16,20)12(13,14)15/h2-5,9,16H,6-8H2,1H3/t9-,22?/m1/s1. The van der Waals surface area contributed by atoms with Crippen LogP contribution < -0.4 is 4.90 Å². The first-order valence-corrected chi connectivity index (χ1v) is 9.64. The SMILES string of the molecule is C[C@@H]1CN(c2ccc(S(=N)(=O)C(F)(F)F)cc2)CCS1(=O)=O. The molecule has 1 aromatic carbocycles. The van der Waals surface area contributed by atoms with Gasteiger partial charge in [0.25, 0.3) is 0 Å². The highest BCUT2D eigenvalue weighted by molar-refractivity contribution is 7.93. The minimum Gasteiger partial charge on any atom is -0.369 e. The summed E-state index contributed by atoms with van der Waals surface area (Å²) >= 11 is 0. The summed E-state index contributed by atoms with van der Waals surface area (Å²) in [6, 6.07) is 4.68. The molecule has 2 rings (SSSR count). The van der Waals surface area contributed by atoms with Crippen molar-refractivity contribution in [1.82, 2.24) is 0 Å². The van der Waals surface area contributed by atoms with Crippen molar-refractivity contribution in [2.24, 2.45) is 0 Å². The number of benzene rings is 1. The van der Waals surface area contributed by atoms with Crippen LogP contribution in [-0.4, -0.2) is 42.2 Å². The molecular formula is C12H15F3N2O3S2. The van der Waals surface area contributed by atoms with E-state index in [1.54, 1.807) is 11.8 Å². The van der Waals surface area contributed by atoms with Gasteiger partial charge in [0.05, 0.1) is 15.9 Å². The maximum Gasteiger partial charge on any atom is 0.483 e. The minimum absolute atomic E-state index is 0.0202. The lowest BCUT2D eigenvalue weighted by Gasteiger charge is -2.32. The van der Waals surface area contributed by atoms with Crippen molar-refractivity contribution in [3.63, 3.8) is 0 Å². The van der Waals surface area contributed by atoms with Crippen molar-refractivity contribution in [3.8, 4) is 0 Å². The van der Waals surface area contributed by atoms with E-state index in [4.69, 9.17) is 4.78 Å². The van der Waals surface area contributed by atoms with Crippen LogP contribution in [0.4, 0.5) is 18.9 Å². The molecule has 22 heavy (non-hydrogen) atoms. The first-order chi connectivity index (χ1) is 9.95. The molecule has 1 fully saturated rings. The van der Waals surface area contributed by atoms with Gasteiger partial charge in [-0.15, -0.1) is 0 Å². The first-order valence-electron chi connectivity index (χ1n) is 6.37. The van der Waals surface area contributed by atoms with Gasteiger partial charge in [-0.2, -0.15) is 13.2 Å². The quantitative estimate of drug-likeness (QED) is 0.881. The van der Waals surface area contributed by atoms with Gasteiger partial charge in [0, 0.05) is 18.8 Å². The number of hydrogen-bond donors (Lipinski definition) is 1. The second kappa shape index (κ2) is 5.41. The number of nitrogens with zero attached hydrogens (tertiary/aromatic N) is 1. The Morgan fingerprint density at radius 2 is 1.82 bits per heavy atom. The highest BCUT2D eigenvalue weighted by Crippen LogP contribution is 2.32. The predicted molar refractivity (Wildman–Crippen MR) is 77.1 cm³/mol. The number of hydrogen-bond acceptors (Lipinski definition) is 5. The Kier molecular flexibility index (Phi) is 4.20. The summed E-state index contributed by atoms with van der Waals surface area (Å²) in [6.45, 7) is 2.08. The van der Waals surface area contributed by atoms with Crippen LogP contribution >= 0.6 is 0 Å². The largest absolute Gasteiger partial charge is 0.483 e. The third-order valence-corrected chi connectivity index (χ3v) is 7.31. The first kappa shape index (κ1) is 17.1. The Bertz CT molecular complexity index is 756. The van der Waals surface area contributed by atoms with Crippen LogP contribution in [0.1, 0.15) is 6.92 Å². The molecule has 0 aliphatic carbocycles. The van der Waals surface area contributed by atoms with Crippen molar-refractivity contribution in [2.75, 3.05) is 23.7 Å². The van der Waals surface area contributed by atoms with Crippen molar-refractivity contribution in [2.45, 2.75) is 22.6 Å². The summed E-state index contributed by atoms with van der Waals surface area (Å²) in [5.41, 5.74) is -4.58. The Balaban J connectivity index is 2.24. The van der Waals surface area contributed by atoms with Gasteiger partial charge in [0.15, 0.2) is 19.6 Å². The molecule has 1 saturated heterocycles. The smallest absolute Gasteiger partial charge is 0.369 e. The lowest BCUT2D eigenvalue weighted by atomic mass is 10.2. The van der Waals surface area contributed by atoms with E-state index >= 15 is 0 Å². The van der Waals surface area contributed by atoms with E-state index < -0.39 is 35.2 Å². The van der Waals surface area contributed by atoms with Crippen molar-refractivity contribution >= 4 is 25.3 Å². The van der Waals surface area contributed by atoms with Crippen LogP contribution in [0.15, 0.2) is 29.2 Å². The zero-order chi connectivity index (χ0) is 16.8. The topological polar surface area (TPSA) is 78.3 Å². The van der Waals surface area contributed by atoms with Gasteiger partial charge in [-0.3, -0.25) is 0 Å². The molecular weight excluding hydrogens is 341 g/mol. The lowest BCUT2D eigenvalue weighted by molar-refractivity contribution is -0.0406. The van der Waals surface area contributed by atoms with E-state index in [2.05, 4.69) is 0 Å². The van der Waals surface area contributed by atoms with Gasteiger partial charge in [-0.25, -0.2) is 17.4 Å². The molecule has 0 radical (unpaired) electrons. The number of halogens is 3. The highest BCUT2D eigenvalue weighted by Gasteiger charge is 2.43. The molecule has 1 aromatic rings. The lowest BCUT2D eigenvalue weighted by Crippen LogP contribution is -2.45. The van der Waals surface area contributed by atoms with Gasteiger partial charge < -0.3 is 4.90 Å². The molecule has 5 nitrogen and oxygen atoms in total. The Morgan fingerprint density at radius 3 is 2.27 bits per heavy atom. The summed E-state index contributed by atoms with van der Waals surface area (Å²) in [4.78, 5) is 1.14. The number of anilines is 1. The minimum atomic E-state index is -5.12. The predicted octanol–water partition coefficient (Wildman–Crippen LogP) is 2.24. The fourth-order valence-corrected chi connectivity index (χ4v) is 4.24. The summed E-state index contributed by atoms with van der Waals surface area (Å²) in [5, 5.41) is -0.559. The van der Waals surface area contributed by atoms with Gasteiger partial charge >= 0.3 is 5.51 Å². The number of rotatable bonds is 2. The molecule has 1 unspecified atom stereocenters. The molecule has 0 spiro atoms. The molecule has 1 N–H and O–H groups in total. The van der Waals surface area contributed by atoms with Crippen molar-refractivity contribution in [3.05, 3.63) is 24.3 Å². The second-order valence-electron chi connectivity index (χ2n) is 5.12. The maximum atomic E-state index is 12.6. The Hall–Kier alpha value is -1.29. The highest BCUT2D eigenvalue weighted by atomic mass is 32.2. The van der Waals surface area contributed by atoms with E-state index in [-0.39, 0.29) is 18.8 Å². The van der Waals surface area contributed by atoms with Crippen LogP contribution in [0, 0.1) is 4.78 Å². The summed E-state index contributed by atoms with van der Waals surface area (Å²) < 4.78 is 79.5. The van der Waals surface area contributed by atoms with Gasteiger partial charge in [0.2, 0.25) is 0 Å². The van der Waals surface area contributed by atoms with E-state index in [0.717, 1.165) is 12.1 Å². The maximum absolute atomic E-state index is 12.6.